The minimum atomic E-state index is -0.956. The molecule has 0 aliphatic heterocycles. The van der Waals surface area contributed by atoms with E-state index in [9.17, 15) is 4.79 Å². The van der Waals surface area contributed by atoms with Crippen molar-refractivity contribution in [2.45, 2.75) is 26.3 Å². The fourth-order valence-corrected chi connectivity index (χ4v) is 1.83. The van der Waals surface area contributed by atoms with Gasteiger partial charge < -0.3 is 10.8 Å². The number of aromatic nitrogens is 2. The minimum absolute atomic E-state index is 0.210. The largest absolute Gasteiger partial charge is 0.480 e. The lowest BCUT2D eigenvalue weighted by molar-refractivity contribution is -0.137. The van der Waals surface area contributed by atoms with Gasteiger partial charge in [-0.2, -0.15) is 5.10 Å². The van der Waals surface area contributed by atoms with E-state index < -0.39 is 5.97 Å². The molecule has 0 saturated carbocycles. The molecule has 0 amide bonds. The summed E-state index contributed by atoms with van der Waals surface area (Å²) >= 11 is 3.29. The third-order valence-corrected chi connectivity index (χ3v) is 2.60. The van der Waals surface area contributed by atoms with E-state index in [1.54, 1.807) is 0 Å². The highest BCUT2D eigenvalue weighted by Crippen LogP contribution is 2.28. The fourth-order valence-electron chi connectivity index (χ4n) is 1.09. The molecule has 1 aromatic rings. The van der Waals surface area contributed by atoms with Crippen molar-refractivity contribution in [3.8, 4) is 0 Å². The molecule has 3 N–H and O–H groups in total. The normalized spacial score (nSPS) is 10.9. The highest BCUT2D eigenvalue weighted by molar-refractivity contribution is 9.10. The number of carboxylic acid groups (broad SMARTS) is 1. The summed E-state index contributed by atoms with van der Waals surface area (Å²) in [6.07, 6.45) is 0. The lowest BCUT2D eigenvalue weighted by Gasteiger charge is -1.98. The maximum atomic E-state index is 10.5. The molecule has 0 atom stereocenters. The Morgan fingerprint density at radius 3 is 2.64 bits per heavy atom. The van der Waals surface area contributed by atoms with Crippen molar-refractivity contribution in [1.82, 2.24) is 9.78 Å². The van der Waals surface area contributed by atoms with E-state index in [1.807, 2.05) is 13.8 Å². The van der Waals surface area contributed by atoms with Gasteiger partial charge in [0.15, 0.2) is 0 Å². The van der Waals surface area contributed by atoms with Crippen LogP contribution >= 0.6 is 15.9 Å². The number of nitrogens with two attached hydrogens (primary N) is 1. The van der Waals surface area contributed by atoms with Crippen LogP contribution in [0.25, 0.3) is 0 Å². The van der Waals surface area contributed by atoms with Gasteiger partial charge in [0.1, 0.15) is 12.4 Å². The number of anilines is 1. The van der Waals surface area contributed by atoms with Crippen LogP contribution in [0.4, 0.5) is 5.82 Å². The molecule has 5 nitrogen and oxygen atoms in total. The highest BCUT2D eigenvalue weighted by atomic mass is 79.9. The predicted octanol–water partition coefficient (Wildman–Crippen LogP) is 1.44. The zero-order valence-corrected chi connectivity index (χ0v) is 9.58. The van der Waals surface area contributed by atoms with E-state index in [-0.39, 0.29) is 12.5 Å². The average Bonchev–Trinajstić information content (AvgIpc) is 2.32. The van der Waals surface area contributed by atoms with Crippen LogP contribution in [-0.2, 0) is 11.3 Å². The summed E-state index contributed by atoms with van der Waals surface area (Å²) in [4.78, 5) is 10.5. The Balaban J connectivity index is 3.08. The number of aliphatic carboxylic acids is 1. The van der Waals surface area contributed by atoms with Gasteiger partial charge in [-0.3, -0.25) is 4.79 Å². The van der Waals surface area contributed by atoms with Crippen LogP contribution < -0.4 is 5.73 Å². The molecule has 0 bridgehead atoms. The maximum absolute atomic E-state index is 10.5. The van der Waals surface area contributed by atoms with Gasteiger partial charge >= 0.3 is 5.97 Å². The van der Waals surface area contributed by atoms with Gasteiger partial charge in [-0.25, -0.2) is 4.68 Å². The first-order chi connectivity index (χ1) is 6.43. The van der Waals surface area contributed by atoms with E-state index in [0.29, 0.717) is 10.3 Å². The smallest absolute Gasteiger partial charge is 0.325 e. The topological polar surface area (TPSA) is 81.1 Å². The Morgan fingerprint density at radius 1 is 1.71 bits per heavy atom. The second-order valence-electron chi connectivity index (χ2n) is 3.29. The molecule has 0 fully saturated rings. The SMILES string of the molecule is CC(C)c1nn(CC(=O)O)c(N)c1Br. The molecule has 0 aliphatic carbocycles. The Hall–Kier alpha value is -1.04. The van der Waals surface area contributed by atoms with Crippen LogP contribution in [0.1, 0.15) is 25.5 Å². The summed E-state index contributed by atoms with van der Waals surface area (Å²) in [5.74, 6) is -0.389. The highest BCUT2D eigenvalue weighted by Gasteiger charge is 2.16. The first-order valence-corrected chi connectivity index (χ1v) is 4.96. The van der Waals surface area contributed by atoms with Crippen LogP contribution in [-0.4, -0.2) is 20.9 Å². The average molecular weight is 262 g/mol. The molecule has 1 aromatic heterocycles. The first-order valence-electron chi connectivity index (χ1n) is 4.17. The molecule has 78 valence electrons. The summed E-state index contributed by atoms with van der Waals surface area (Å²) < 4.78 is 1.97. The lowest BCUT2D eigenvalue weighted by Crippen LogP contribution is -2.12. The number of nitrogen functional groups attached to an aromatic ring is 1. The van der Waals surface area contributed by atoms with E-state index in [0.717, 1.165) is 5.69 Å². The number of nitrogens with zero attached hydrogens (tertiary/aromatic N) is 2. The Morgan fingerprint density at radius 2 is 2.29 bits per heavy atom. The van der Waals surface area contributed by atoms with Gasteiger partial charge in [-0.05, 0) is 21.8 Å². The maximum Gasteiger partial charge on any atom is 0.325 e. The zero-order valence-electron chi connectivity index (χ0n) is 7.99. The van der Waals surface area contributed by atoms with Crippen LogP contribution in [0.2, 0.25) is 0 Å². The summed E-state index contributed by atoms with van der Waals surface area (Å²) in [6.45, 7) is 3.73. The fraction of sp³-hybridized carbons (Fsp3) is 0.500. The van der Waals surface area contributed by atoms with Crippen molar-refractivity contribution in [3.63, 3.8) is 0 Å². The predicted molar refractivity (Wildman–Crippen MR) is 56.1 cm³/mol. The molecule has 0 aromatic carbocycles. The molecule has 0 saturated heterocycles. The Labute approximate surface area is 90.0 Å². The Bertz CT molecular complexity index is 360. The summed E-state index contributed by atoms with van der Waals surface area (Å²) in [5, 5.41) is 12.7. The second-order valence-corrected chi connectivity index (χ2v) is 4.08. The van der Waals surface area contributed by atoms with Crippen molar-refractivity contribution in [1.29, 1.82) is 0 Å². The van der Waals surface area contributed by atoms with E-state index in [2.05, 4.69) is 21.0 Å². The third-order valence-electron chi connectivity index (χ3n) is 1.79. The van der Waals surface area contributed by atoms with E-state index in [1.165, 1.54) is 4.68 Å². The molecule has 0 spiro atoms. The Kier molecular flexibility index (Phi) is 3.15. The summed E-state index contributed by atoms with van der Waals surface area (Å²) in [5.41, 5.74) is 6.46. The van der Waals surface area contributed by atoms with Gasteiger partial charge in [-0.1, -0.05) is 13.8 Å². The van der Waals surface area contributed by atoms with E-state index >= 15 is 0 Å². The van der Waals surface area contributed by atoms with Crippen LogP contribution in [0.5, 0.6) is 0 Å². The van der Waals surface area contributed by atoms with Crippen LogP contribution in [0.3, 0.4) is 0 Å². The second kappa shape index (κ2) is 4.00. The van der Waals surface area contributed by atoms with Gasteiger partial charge in [-0.15, -0.1) is 0 Å². The number of hydrogen-bond acceptors (Lipinski definition) is 3. The first kappa shape index (κ1) is 11.0. The van der Waals surface area contributed by atoms with E-state index in [4.69, 9.17) is 10.8 Å². The molecule has 1 rings (SSSR count). The monoisotopic (exact) mass is 261 g/mol. The van der Waals surface area contributed by atoms with Crippen molar-refractivity contribution in [3.05, 3.63) is 10.2 Å². The van der Waals surface area contributed by atoms with Crippen LogP contribution in [0.15, 0.2) is 4.47 Å². The zero-order chi connectivity index (χ0) is 10.9. The van der Waals surface area contributed by atoms with Crippen molar-refractivity contribution in [2.24, 2.45) is 0 Å². The third kappa shape index (κ3) is 2.06. The van der Waals surface area contributed by atoms with Gasteiger partial charge in [0.25, 0.3) is 0 Å². The van der Waals surface area contributed by atoms with Crippen molar-refractivity contribution in [2.75, 3.05) is 5.73 Å². The molecule has 0 unspecified atom stereocenters. The lowest BCUT2D eigenvalue weighted by atomic mass is 10.1. The summed E-state index contributed by atoms with van der Waals surface area (Å²) in [6, 6.07) is 0. The molecule has 6 heteroatoms. The van der Waals surface area contributed by atoms with Crippen LogP contribution in [0, 0.1) is 0 Å². The van der Waals surface area contributed by atoms with Crippen molar-refractivity contribution < 1.29 is 9.90 Å². The molecule has 0 aliphatic rings. The number of carbonyl (C=O) groups is 1. The summed E-state index contributed by atoms with van der Waals surface area (Å²) in [7, 11) is 0. The number of hydrogen-bond donors (Lipinski definition) is 2. The van der Waals surface area contributed by atoms with Gasteiger partial charge in [0.2, 0.25) is 0 Å². The molecule has 1 heterocycles. The quantitative estimate of drug-likeness (QED) is 0.863. The molecular weight excluding hydrogens is 250 g/mol. The number of rotatable bonds is 3. The minimum Gasteiger partial charge on any atom is -0.480 e. The standard InChI is InChI=1S/C8H12BrN3O2/c1-4(2)7-6(9)8(10)12(11-7)3-5(13)14/h4H,3,10H2,1-2H3,(H,13,14). The molecule has 14 heavy (non-hydrogen) atoms. The van der Waals surface area contributed by atoms with Gasteiger partial charge in [0.05, 0.1) is 10.2 Å². The molecule has 0 radical (unpaired) electrons. The van der Waals surface area contributed by atoms with Gasteiger partial charge in [0, 0.05) is 0 Å². The number of carboxylic acids is 1. The van der Waals surface area contributed by atoms with Crippen molar-refractivity contribution >= 4 is 27.7 Å². The molecular formula is C8H12BrN3O2. The number of halogens is 1.